The Bertz CT molecular complexity index is 1500. The van der Waals surface area contributed by atoms with Crippen molar-refractivity contribution in [3.63, 3.8) is 0 Å². The fourth-order valence-electron chi connectivity index (χ4n) is 4.77. The zero-order valence-corrected chi connectivity index (χ0v) is 20.6. The van der Waals surface area contributed by atoms with E-state index in [9.17, 15) is 14.4 Å². The van der Waals surface area contributed by atoms with Gasteiger partial charge in [-0.2, -0.15) is 0 Å². The van der Waals surface area contributed by atoms with E-state index in [-0.39, 0.29) is 23.1 Å². The number of para-hydroxylation sites is 1. The van der Waals surface area contributed by atoms with Crippen LogP contribution < -0.4 is 15.8 Å². The zero-order valence-electron chi connectivity index (χ0n) is 20.6. The van der Waals surface area contributed by atoms with Crippen molar-refractivity contribution < 1.29 is 9.59 Å². The largest absolute Gasteiger partial charge is 0.347 e. The number of benzene rings is 1. The highest BCUT2D eigenvalue weighted by Gasteiger charge is 2.40. The fraction of sp³-hybridized carbons (Fsp3) is 0.320. The van der Waals surface area contributed by atoms with Gasteiger partial charge in [0.15, 0.2) is 5.65 Å². The number of likely N-dealkylation sites (N-methyl/N-ethyl adjacent to an activating group) is 1. The first-order valence-corrected chi connectivity index (χ1v) is 11.7. The Morgan fingerprint density at radius 2 is 1.86 bits per heavy atom. The topological polar surface area (TPSA) is 110 Å². The van der Waals surface area contributed by atoms with Crippen LogP contribution in [0, 0.1) is 6.92 Å². The normalized spacial score (nSPS) is 17.5. The van der Waals surface area contributed by atoms with Gasteiger partial charge < -0.3 is 15.1 Å². The van der Waals surface area contributed by atoms with Gasteiger partial charge >= 0.3 is 0 Å². The third kappa shape index (κ3) is 3.92. The van der Waals surface area contributed by atoms with E-state index in [1.54, 1.807) is 49.7 Å². The lowest BCUT2D eigenvalue weighted by atomic mass is 10.1. The molecule has 0 saturated carbocycles. The van der Waals surface area contributed by atoms with Gasteiger partial charge in [0.2, 0.25) is 5.91 Å². The summed E-state index contributed by atoms with van der Waals surface area (Å²) in [5.74, 6) is 0.0741. The summed E-state index contributed by atoms with van der Waals surface area (Å²) in [6, 6.07) is 12.0. The van der Waals surface area contributed by atoms with E-state index in [2.05, 4.69) is 15.4 Å². The van der Waals surface area contributed by atoms with Crippen LogP contribution in [0.2, 0.25) is 0 Å². The monoisotopic (exact) mass is 488 g/mol. The van der Waals surface area contributed by atoms with Crippen LogP contribution >= 0.6 is 0 Å². The number of nitrogens with zero attached hydrogens (tertiary/aromatic N) is 7. The summed E-state index contributed by atoms with van der Waals surface area (Å²) in [6.07, 6.45) is 3.80. The second kappa shape index (κ2) is 8.99. The van der Waals surface area contributed by atoms with Crippen LogP contribution in [0.25, 0.3) is 11.3 Å². The van der Waals surface area contributed by atoms with E-state index in [1.807, 2.05) is 47.4 Å². The molecule has 2 atom stereocenters. The highest BCUT2D eigenvalue weighted by molar-refractivity contribution is 5.95. The van der Waals surface area contributed by atoms with Crippen molar-refractivity contribution in [1.29, 1.82) is 0 Å². The van der Waals surface area contributed by atoms with E-state index < -0.39 is 11.9 Å². The van der Waals surface area contributed by atoms with Gasteiger partial charge in [-0.25, -0.2) is 14.2 Å². The minimum Gasteiger partial charge on any atom is -0.347 e. The number of anilines is 1. The Labute approximate surface area is 207 Å². The standard InChI is InChI=1S/C25H28N8O3/c1-16-22(25(36)33(30(16)4)18-8-6-5-7-9-18)23(34)27-17-14-19(24(35)29(2)3)31(15-17)21-11-10-20-26-12-13-32(20)28-21/h5-13,17,19H,14-15H2,1-4H3,(H,27,34)/t17-,19-/m0/s1. The first-order valence-electron chi connectivity index (χ1n) is 11.7. The number of rotatable bonds is 5. The molecule has 1 saturated heterocycles. The van der Waals surface area contributed by atoms with E-state index in [0.29, 0.717) is 35.8 Å². The van der Waals surface area contributed by atoms with Gasteiger partial charge in [0.05, 0.1) is 11.4 Å². The Hall–Kier alpha value is -4.41. The highest BCUT2D eigenvalue weighted by atomic mass is 16.2. The SMILES string of the molecule is Cc1c(C(=O)N[C@H]2C[C@@H](C(=O)N(C)C)N(c3ccc4nccn4n3)C2)c(=O)n(-c2ccccc2)n1C. The zero-order chi connectivity index (χ0) is 25.6. The van der Waals surface area contributed by atoms with E-state index in [4.69, 9.17) is 0 Å². The molecule has 11 nitrogen and oxygen atoms in total. The Morgan fingerprint density at radius 3 is 2.58 bits per heavy atom. The van der Waals surface area contributed by atoms with Crippen molar-refractivity contribution in [2.45, 2.75) is 25.4 Å². The molecule has 2 amide bonds. The average Bonchev–Trinajstić information content (AvgIpc) is 3.55. The van der Waals surface area contributed by atoms with Crippen molar-refractivity contribution in [3.05, 3.63) is 76.5 Å². The number of fused-ring (bicyclic) bond motifs is 1. The van der Waals surface area contributed by atoms with Crippen LogP contribution in [0.4, 0.5) is 5.82 Å². The number of hydrogen-bond acceptors (Lipinski definition) is 6. The molecule has 4 heterocycles. The summed E-state index contributed by atoms with van der Waals surface area (Å²) in [4.78, 5) is 47.3. The average molecular weight is 489 g/mol. The quantitative estimate of drug-likeness (QED) is 0.449. The van der Waals surface area contributed by atoms with E-state index in [1.165, 1.54) is 9.58 Å². The molecule has 11 heteroatoms. The third-order valence-electron chi connectivity index (χ3n) is 6.68. The molecule has 4 aromatic rings. The predicted octanol–water partition coefficient (Wildman–Crippen LogP) is 0.993. The molecule has 186 valence electrons. The lowest BCUT2D eigenvalue weighted by Crippen LogP contribution is -2.43. The summed E-state index contributed by atoms with van der Waals surface area (Å²) in [5.41, 5.74) is 1.64. The van der Waals surface area contributed by atoms with Crippen LogP contribution in [-0.2, 0) is 11.8 Å². The first-order chi connectivity index (χ1) is 17.3. The number of amides is 2. The molecule has 5 rings (SSSR count). The summed E-state index contributed by atoms with van der Waals surface area (Å²) in [7, 11) is 5.16. The number of hydrogen-bond donors (Lipinski definition) is 1. The molecule has 1 aromatic carbocycles. The van der Waals surface area contributed by atoms with Crippen molar-refractivity contribution >= 4 is 23.3 Å². The van der Waals surface area contributed by atoms with Crippen molar-refractivity contribution in [2.24, 2.45) is 7.05 Å². The van der Waals surface area contributed by atoms with Gasteiger partial charge in [-0.15, -0.1) is 5.10 Å². The first kappa shape index (κ1) is 23.3. The molecular formula is C25H28N8O3. The molecule has 36 heavy (non-hydrogen) atoms. The Kier molecular flexibility index (Phi) is 5.83. The lowest BCUT2D eigenvalue weighted by molar-refractivity contribution is -0.129. The van der Waals surface area contributed by atoms with Gasteiger partial charge in [0, 0.05) is 46.1 Å². The third-order valence-corrected chi connectivity index (χ3v) is 6.68. The van der Waals surface area contributed by atoms with Crippen LogP contribution in [0.15, 0.2) is 59.7 Å². The molecule has 1 aliphatic heterocycles. The number of carbonyl (C=O) groups is 2. The number of aromatic nitrogens is 5. The molecule has 0 aliphatic carbocycles. The summed E-state index contributed by atoms with van der Waals surface area (Å²) >= 11 is 0. The van der Waals surface area contributed by atoms with Crippen molar-refractivity contribution in [3.8, 4) is 5.69 Å². The second-order valence-corrected chi connectivity index (χ2v) is 9.16. The van der Waals surface area contributed by atoms with Gasteiger partial charge in [-0.1, -0.05) is 18.2 Å². The Balaban J connectivity index is 1.43. The maximum Gasteiger partial charge on any atom is 0.284 e. The second-order valence-electron chi connectivity index (χ2n) is 9.16. The van der Waals surface area contributed by atoms with E-state index >= 15 is 0 Å². The fourth-order valence-corrected chi connectivity index (χ4v) is 4.77. The van der Waals surface area contributed by atoms with Crippen LogP contribution in [0.3, 0.4) is 0 Å². The minimum atomic E-state index is -0.503. The van der Waals surface area contributed by atoms with E-state index in [0.717, 1.165) is 0 Å². The molecular weight excluding hydrogens is 460 g/mol. The minimum absolute atomic E-state index is 0.0818. The van der Waals surface area contributed by atoms with Gasteiger partial charge in [-0.05, 0) is 37.6 Å². The molecule has 0 spiro atoms. The van der Waals surface area contributed by atoms with Crippen LogP contribution in [0.1, 0.15) is 22.5 Å². The molecule has 1 aliphatic rings. The maximum atomic E-state index is 13.4. The van der Waals surface area contributed by atoms with Gasteiger partial charge in [-0.3, -0.25) is 19.1 Å². The van der Waals surface area contributed by atoms with Crippen LogP contribution in [-0.4, -0.2) is 73.4 Å². The smallest absolute Gasteiger partial charge is 0.284 e. The van der Waals surface area contributed by atoms with Crippen molar-refractivity contribution in [2.75, 3.05) is 25.5 Å². The van der Waals surface area contributed by atoms with Crippen LogP contribution in [0.5, 0.6) is 0 Å². The highest BCUT2D eigenvalue weighted by Crippen LogP contribution is 2.26. The summed E-state index contributed by atoms with van der Waals surface area (Å²) < 4.78 is 4.81. The lowest BCUT2D eigenvalue weighted by Gasteiger charge is -2.26. The molecule has 0 radical (unpaired) electrons. The number of imidazole rings is 1. The molecule has 0 bridgehead atoms. The molecule has 3 aromatic heterocycles. The van der Waals surface area contributed by atoms with Gasteiger partial charge in [0.1, 0.15) is 17.4 Å². The number of nitrogens with one attached hydrogen (secondary N) is 1. The molecule has 0 unspecified atom stereocenters. The molecule has 1 N–H and O–H groups in total. The predicted molar refractivity (Wildman–Crippen MR) is 134 cm³/mol. The number of carbonyl (C=O) groups excluding carboxylic acids is 2. The Morgan fingerprint density at radius 1 is 1.11 bits per heavy atom. The summed E-state index contributed by atoms with van der Waals surface area (Å²) in [6.45, 7) is 2.13. The van der Waals surface area contributed by atoms with Crippen molar-refractivity contribution in [1.82, 2.24) is 34.2 Å². The maximum absolute atomic E-state index is 13.4. The van der Waals surface area contributed by atoms with Gasteiger partial charge in [0.25, 0.3) is 11.5 Å². The molecule has 1 fully saturated rings. The summed E-state index contributed by atoms with van der Waals surface area (Å²) in [5, 5.41) is 7.60.